The van der Waals surface area contributed by atoms with E-state index in [4.69, 9.17) is 23.2 Å². The Kier molecular flexibility index (Phi) is 6.01. The summed E-state index contributed by atoms with van der Waals surface area (Å²) in [6, 6.07) is 11.8. The van der Waals surface area contributed by atoms with Gasteiger partial charge in [0.25, 0.3) is 5.78 Å². The Morgan fingerprint density at radius 3 is 2.43 bits per heavy atom. The number of hydrogen-bond acceptors (Lipinski definition) is 5. The second-order valence-electron chi connectivity index (χ2n) is 6.65. The maximum Gasteiger partial charge on any atom is 0.252 e. The van der Waals surface area contributed by atoms with E-state index in [2.05, 4.69) is 19.8 Å². The van der Waals surface area contributed by atoms with E-state index < -0.39 is 10.0 Å². The highest BCUT2D eigenvalue weighted by molar-refractivity contribution is 7.89. The summed E-state index contributed by atoms with van der Waals surface area (Å²) in [5.74, 6) is 0.531. The monoisotopic (exact) mass is 461 g/mol. The van der Waals surface area contributed by atoms with Crippen molar-refractivity contribution in [3.63, 3.8) is 0 Å². The molecule has 0 radical (unpaired) electrons. The molecule has 0 atom stereocenters. The highest BCUT2D eigenvalue weighted by Gasteiger charge is 2.13. The summed E-state index contributed by atoms with van der Waals surface area (Å²) in [5, 5.41) is 5.09. The van der Waals surface area contributed by atoms with Crippen molar-refractivity contribution in [2.24, 2.45) is 0 Å². The summed E-state index contributed by atoms with van der Waals surface area (Å²) in [7, 11) is -3.60. The molecule has 30 heavy (non-hydrogen) atoms. The van der Waals surface area contributed by atoms with Gasteiger partial charge in [-0.3, -0.25) is 0 Å². The molecule has 2 aromatic carbocycles. The molecule has 0 amide bonds. The molecule has 4 rings (SSSR count). The third kappa shape index (κ3) is 4.79. The van der Waals surface area contributed by atoms with Gasteiger partial charge in [0.1, 0.15) is 6.33 Å². The molecule has 2 heterocycles. The fraction of sp³-hybridized carbons (Fsp3) is 0.150. The standard InChI is InChI=1S/C20H17Cl2N5O2S/c21-17-8-16(9-18(22)10-17)15-3-5-19(6-4-15)30(28,29)26-7-1-2-14-11-23-20-24-13-25-27(20)12-14/h3-6,8-13,26H,1-2,7H2. The van der Waals surface area contributed by atoms with Gasteiger partial charge < -0.3 is 0 Å². The molecule has 10 heteroatoms. The normalized spacial score (nSPS) is 11.8. The molecular weight excluding hydrogens is 445 g/mol. The van der Waals surface area contributed by atoms with Crippen molar-refractivity contribution in [2.45, 2.75) is 17.7 Å². The number of sulfonamides is 1. The van der Waals surface area contributed by atoms with Crippen LogP contribution >= 0.6 is 23.2 Å². The Labute approximate surface area is 183 Å². The van der Waals surface area contributed by atoms with Gasteiger partial charge in [-0.1, -0.05) is 35.3 Å². The van der Waals surface area contributed by atoms with Crippen LogP contribution in [-0.4, -0.2) is 34.5 Å². The van der Waals surface area contributed by atoms with Gasteiger partial charge in [-0.25, -0.2) is 22.6 Å². The second kappa shape index (κ2) is 8.69. The zero-order valence-electron chi connectivity index (χ0n) is 15.7. The Morgan fingerprint density at radius 2 is 1.70 bits per heavy atom. The molecular formula is C20H17Cl2N5O2S. The molecule has 0 unspecified atom stereocenters. The molecule has 0 aliphatic rings. The predicted octanol–water partition coefficient (Wildman–Crippen LogP) is 4.01. The summed E-state index contributed by atoms with van der Waals surface area (Å²) >= 11 is 12.1. The number of aromatic nitrogens is 4. The van der Waals surface area contributed by atoms with Crippen LogP contribution in [0.5, 0.6) is 0 Å². The van der Waals surface area contributed by atoms with Crippen LogP contribution in [0.15, 0.2) is 66.1 Å². The Hall–Kier alpha value is -2.52. The van der Waals surface area contributed by atoms with E-state index in [1.807, 2.05) is 6.20 Å². The van der Waals surface area contributed by atoms with Crippen molar-refractivity contribution in [3.05, 3.63) is 76.8 Å². The quantitative estimate of drug-likeness (QED) is 0.420. The van der Waals surface area contributed by atoms with Crippen molar-refractivity contribution in [2.75, 3.05) is 6.54 Å². The van der Waals surface area contributed by atoms with Gasteiger partial charge in [-0.15, -0.1) is 0 Å². The first-order valence-electron chi connectivity index (χ1n) is 9.11. The van der Waals surface area contributed by atoms with Crippen LogP contribution in [0.3, 0.4) is 0 Å². The fourth-order valence-corrected chi connectivity index (χ4v) is 4.62. The molecule has 0 aliphatic carbocycles. The molecule has 0 saturated carbocycles. The highest BCUT2D eigenvalue weighted by Crippen LogP contribution is 2.28. The molecule has 1 N–H and O–H groups in total. The third-order valence-electron chi connectivity index (χ3n) is 4.48. The van der Waals surface area contributed by atoms with Crippen molar-refractivity contribution < 1.29 is 8.42 Å². The average Bonchev–Trinajstić information content (AvgIpc) is 3.18. The number of fused-ring (bicyclic) bond motifs is 1. The first-order valence-corrected chi connectivity index (χ1v) is 11.4. The number of aryl methyl sites for hydroxylation is 1. The van der Waals surface area contributed by atoms with Gasteiger partial charge in [0.05, 0.1) is 4.90 Å². The van der Waals surface area contributed by atoms with Gasteiger partial charge in [0, 0.05) is 29.0 Å². The van der Waals surface area contributed by atoms with E-state index in [-0.39, 0.29) is 4.90 Å². The Balaban J connectivity index is 1.37. The van der Waals surface area contributed by atoms with Crippen molar-refractivity contribution in [1.82, 2.24) is 24.3 Å². The van der Waals surface area contributed by atoms with Crippen molar-refractivity contribution in [1.29, 1.82) is 0 Å². The van der Waals surface area contributed by atoms with Gasteiger partial charge in [-0.2, -0.15) is 10.1 Å². The lowest BCUT2D eigenvalue weighted by molar-refractivity contribution is 0.579. The number of benzene rings is 2. The molecule has 0 fully saturated rings. The summed E-state index contributed by atoms with van der Waals surface area (Å²) in [6.45, 7) is 0.309. The molecule has 0 saturated heterocycles. The Morgan fingerprint density at radius 1 is 0.967 bits per heavy atom. The molecule has 2 aromatic heterocycles. The number of rotatable bonds is 7. The lowest BCUT2D eigenvalue weighted by atomic mass is 10.1. The van der Waals surface area contributed by atoms with E-state index in [0.717, 1.165) is 16.7 Å². The Bertz CT molecular complexity index is 1270. The van der Waals surface area contributed by atoms with Crippen molar-refractivity contribution >= 4 is 39.0 Å². The zero-order chi connectivity index (χ0) is 21.1. The topological polar surface area (TPSA) is 89.2 Å². The average molecular weight is 462 g/mol. The highest BCUT2D eigenvalue weighted by atomic mass is 35.5. The molecule has 4 aromatic rings. The van der Waals surface area contributed by atoms with Crippen molar-refractivity contribution in [3.8, 4) is 11.1 Å². The molecule has 0 spiro atoms. The molecule has 0 bridgehead atoms. The van der Waals surface area contributed by atoms with Crippen LogP contribution in [0, 0.1) is 0 Å². The van der Waals surface area contributed by atoms with Crippen LogP contribution in [0.1, 0.15) is 12.0 Å². The maximum atomic E-state index is 12.6. The fourth-order valence-electron chi connectivity index (χ4n) is 3.02. The molecule has 7 nitrogen and oxygen atoms in total. The summed E-state index contributed by atoms with van der Waals surface area (Å²) in [4.78, 5) is 8.39. The summed E-state index contributed by atoms with van der Waals surface area (Å²) in [5.41, 5.74) is 2.61. The first kappa shape index (κ1) is 20.7. The van der Waals surface area contributed by atoms with E-state index >= 15 is 0 Å². The third-order valence-corrected chi connectivity index (χ3v) is 6.40. The number of nitrogens with zero attached hydrogens (tertiary/aromatic N) is 4. The first-order chi connectivity index (χ1) is 14.4. The SMILES string of the molecule is O=S(=O)(NCCCc1cnc2ncnn2c1)c1ccc(-c2cc(Cl)cc(Cl)c2)cc1. The lowest BCUT2D eigenvalue weighted by Gasteiger charge is -2.09. The smallest absolute Gasteiger partial charge is 0.219 e. The number of nitrogens with one attached hydrogen (secondary N) is 1. The number of hydrogen-bond donors (Lipinski definition) is 1. The van der Waals surface area contributed by atoms with E-state index in [9.17, 15) is 8.42 Å². The van der Waals surface area contributed by atoms with E-state index in [1.165, 1.54) is 6.33 Å². The zero-order valence-corrected chi connectivity index (χ0v) is 18.0. The predicted molar refractivity (Wildman–Crippen MR) is 116 cm³/mol. The van der Waals surface area contributed by atoms with Crippen LogP contribution in [0.4, 0.5) is 0 Å². The van der Waals surface area contributed by atoms with E-state index in [1.54, 1.807) is 53.2 Å². The minimum Gasteiger partial charge on any atom is -0.219 e. The largest absolute Gasteiger partial charge is 0.252 e. The summed E-state index contributed by atoms with van der Waals surface area (Å²) < 4.78 is 29.3. The minimum atomic E-state index is -3.60. The van der Waals surface area contributed by atoms with Crippen LogP contribution < -0.4 is 4.72 Å². The van der Waals surface area contributed by atoms with Crippen LogP contribution in [0.2, 0.25) is 10.0 Å². The summed E-state index contributed by atoms with van der Waals surface area (Å²) in [6.07, 6.45) is 6.29. The number of halogens is 2. The molecule has 0 aliphatic heterocycles. The molecule has 154 valence electrons. The lowest BCUT2D eigenvalue weighted by Crippen LogP contribution is -2.25. The van der Waals surface area contributed by atoms with Crippen LogP contribution in [0.25, 0.3) is 16.9 Å². The van der Waals surface area contributed by atoms with Gasteiger partial charge in [0.2, 0.25) is 10.0 Å². The van der Waals surface area contributed by atoms with Crippen LogP contribution in [-0.2, 0) is 16.4 Å². The van der Waals surface area contributed by atoms with E-state index in [0.29, 0.717) is 35.2 Å². The minimum absolute atomic E-state index is 0.199. The second-order valence-corrected chi connectivity index (χ2v) is 9.29. The maximum absolute atomic E-state index is 12.6. The van der Waals surface area contributed by atoms with Gasteiger partial charge in [0.15, 0.2) is 0 Å². The van der Waals surface area contributed by atoms with Gasteiger partial charge in [-0.05, 0) is 59.9 Å². The van der Waals surface area contributed by atoms with Gasteiger partial charge >= 0.3 is 0 Å².